The Morgan fingerprint density at radius 1 is 0.947 bits per heavy atom. The van der Waals surface area contributed by atoms with Crippen molar-refractivity contribution in [3.8, 4) is 0 Å². The molecular formula is C16H34O2Si. The van der Waals surface area contributed by atoms with Crippen LogP contribution in [0.5, 0.6) is 0 Å². The molecule has 1 aliphatic carbocycles. The van der Waals surface area contributed by atoms with Gasteiger partial charge in [0.15, 0.2) is 0 Å². The molecule has 2 nitrogen and oxygen atoms in total. The van der Waals surface area contributed by atoms with E-state index >= 15 is 0 Å². The van der Waals surface area contributed by atoms with Crippen molar-refractivity contribution in [3.63, 3.8) is 0 Å². The highest BCUT2D eigenvalue weighted by Gasteiger charge is 2.37. The van der Waals surface area contributed by atoms with Gasteiger partial charge in [0, 0.05) is 12.7 Å². The topological polar surface area (TPSA) is 18.5 Å². The minimum atomic E-state index is -1.90. The van der Waals surface area contributed by atoms with Crippen molar-refractivity contribution in [3.05, 3.63) is 0 Å². The Morgan fingerprint density at radius 3 is 2.11 bits per heavy atom. The Labute approximate surface area is 121 Å². The predicted octanol–water partition coefficient (Wildman–Crippen LogP) is 5.27. The second-order valence-corrected chi connectivity index (χ2v) is 9.93. The van der Waals surface area contributed by atoms with Gasteiger partial charge in [-0.15, -0.1) is 0 Å². The largest absolute Gasteiger partial charge is 0.394 e. The SMILES string of the molecule is CCCCCO[Si](CC)(CC)OC1CCC(C)CC1. The summed E-state index contributed by atoms with van der Waals surface area (Å²) in [5.74, 6) is 0.893. The molecule has 0 heterocycles. The van der Waals surface area contributed by atoms with Crippen LogP contribution in [0.25, 0.3) is 0 Å². The van der Waals surface area contributed by atoms with E-state index in [2.05, 4.69) is 27.7 Å². The van der Waals surface area contributed by atoms with E-state index in [1.807, 2.05) is 0 Å². The van der Waals surface area contributed by atoms with Crippen LogP contribution in [0.15, 0.2) is 0 Å². The molecule has 0 saturated heterocycles. The Hall–Kier alpha value is 0.137. The highest BCUT2D eigenvalue weighted by Crippen LogP contribution is 2.30. The van der Waals surface area contributed by atoms with E-state index in [4.69, 9.17) is 8.85 Å². The van der Waals surface area contributed by atoms with E-state index in [9.17, 15) is 0 Å². The summed E-state index contributed by atoms with van der Waals surface area (Å²) in [5.41, 5.74) is 0. The summed E-state index contributed by atoms with van der Waals surface area (Å²) < 4.78 is 12.8. The number of hydrogen-bond donors (Lipinski definition) is 0. The lowest BCUT2D eigenvalue weighted by Gasteiger charge is -2.36. The standard InChI is InChI=1S/C16H34O2Si/c1-5-8-9-14-17-19(6-2,7-3)18-16-12-10-15(4)11-13-16/h15-16H,5-14H2,1-4H3. The summed E-state index contributed by atoms with van der Waals surface area (Å²) in [6, 6.07) is 2.20. The zero-order valence-corrected chi connectivity index (χ0v) is 14.5. The zero-order chi connectivity index (χ0) is 14.1. The van der Waals surface area contributed by atoms with Gasteiger partial charge in [0.05, 0.1) is 0 Å². The molecule has 0 aromatic carbocycles. The lowest BCUT2D eigenvalue weighted by molar-refractivity contribution is 0.0756. The summed E-state index contributed by atoms with van der Waals surface area (Å²) in [7, 11) is -1.90. The lowest BCUT2D eigenvalue weighted by Crippen LogP contribution is -2.45. The molecule has 0 N–H and O–H groups in total. The molecule has 0 bridgehead atoms. The summed E-state index contributed by atoms with van der Waals surface area (Å²) in [4.78, 5) is 0. The van der Waals surface area contributed by atoms with Crippen molar-refractivity contribution in [2.45, 2.75) is 90.8 Å². The molecule has 0 aromatic heterocycles. The molecule has 0 radical (unpaired) electrons. The average Bonchev–Trinajstić information content (AvgIpc) is 2.45. The summed E-state index contributed by atoms with van der Waals surface area (Å²) in [6.45, 7) is 10.0. The second kappa shape index (κ2) is 9.14. The molecular weight excluding hydrogens is 252 g/mol. The molecule has 0 atom stereocenters. The minimum absolute atomic E-state index is 0.481. The maximum atomic E-state index is 6.52. The van der Waals surface area contributed by atoms with Gasteiger partial charge in [-0.25, -0.2) is 0 Å². The van der Waals surface area contributed by atoms with Gasteiger partial charge in [0.25, 0.3) is 0 Å². The first-order chi connectivity index (χ1) is 9.15. The Kier molecular flexibility index (Phi) is 8.27. The van der Waals surface area contributed by atoms with Gasteiger partial charge >= 0.3 is 8.56 Å². The van der Waals surface area contributed by atoms with E-state index in [-0.39, 0.29) is 0 Å². The summed E-state index contributed by atoms with van der Waals surface area (Å²) in [6.07, 6.45) is 9.36. The third-order valence-corrected chi connectivity index (χ3v) is 8.18. The van der Waals surface area contributed by atoms with Gasteiger partial charge < -0.3 is 8.85 Å². The highest BCUT2D eigenvalue weighted by atomic mass is 28.4. The van der Waals surface area contributed by atoms with Crippen LogP contribution in [0, 0.1) is 5.92 Å². The monoisotopic (exact) mass is 286 g/mol. The van der Waals surface area contributed by atoms with Crippen molar-refractivity contribution in [2.75, 3.05) is 6.61 Å². The number of rotatable bonds is 9. The molecule has 0 unspecified atom stereocenters. The molecule has 1 saturated carbocycles. The van der Waals surface area contributed by atoms with Crippen LogP contribution in [-0.4, -0.2) is 21.3 Å². The van der Waals surface area contributed by atoms with E-state index in [0.29, 0.717) is 6.10 Å². The lowest BCUT2D eigenvalue weighted by atomic mass is 9.89. The Morgan fingerprint density at radius 2 is 1.58 bits per heavy atom. The number of hydrogen-bond acceptors (Lipinski definition) is 2. The van der Waals surface area contributed by atoms with Crippen LogP contribution < -0.4 is 0 Å². The van der Waals surface area contributed by atoms with Crippen molar-refractivity contribution >= 4 is 8.56 Å². The van der Waals surface area contributed by atoms with Crippen LogP contribution >= 0.6 is 0 Å². The molecule has 0 amide bonds. The zero-order valence-electron chi connectivity index (χ0n) is 13.5. The van der Waals surface area contributed by atoms with Gasteiger partial charge in [0.2, 0.25) is 0 Å². The van der Waals surface area contributed by atoms with Gasteiger partial charge in [-0.3, -0.25) is 0 Å². The fraction of sp³-hybridized carbons (Fsp3) is 1.00. The first-order valence-electron chi connectivity index (χ1n) is 8.47. The van der Waals surface area contributed by atoms with E-state index in [0.717, 1.165) is 24.6 Å². The molecule has 0 spiro atoms. The molecule has 19 heavy (non-hydrogen) atoms. The highest BCUT2D eigenvalue weighted by molar-refractivity contribution is 6.67. The summed E-state index contributed by atoms with van der Waals surface area (Å²) >= 11 is 0. The van der Waals surface area contributed by atoms with Crippen LogP contribution in [0.3, 0.4) is 0 Å². The molecule has 114 valence electrons. The number of unbranched alkanes of at least 4 members (excludes halogenated alkanes) is 2. The quantitative estimate of drug-likeness (QED) is 0.424. The maximum Gasteiger partial charge on any atom is 0.337 e. The smallest absolute Gasteiger partial charge is 0.337 e. The average molecular weight is 287 g/mol. The Balaban J connectivity index is 2.41. The second-order valence-electron chi connectivity index (χ2n) is 6.17. The van der Waals surface area contributed by atoms with E-state index in [1.54, 1.807) is 0 Å². The summed E-state index contributed by atoms with van der Waals surface area (Å²) in [5, 5.41) is 0. The molecule has 0 aliphatic heterocycles. The first kappa shape index (κ1) is 17.2. The third kappa shape index (κ3) is 5.97. The van der Waals surface area contributed by atoms with Crippen LogP contribution in [-0.2, 0) is 8.85 Å². The molecule has 1 fully saturated rings. The fourth-order valence-electron chi connectivity index (χ4n) is 2.92. The maximum absolute atomic E-state index is 6.52. The minimum Gasteiger partial charge on any atom is -0.394 e. The van der Waals surface area contributed by atoms with Gasteiger partial charge in [-0.05, 0) is 50.1 Å². The third-order valence-electron chi connectivity index (χ3n) is 4.53. The van der Waals surface area contributed by atoms with Gasteiger partial charge in [-0.1, -0.05) is 40.5 Å². The normalized spacial score (nSPS) is 24.6. The van der Waals surface area contributed by atoms with Crippen molar-refractivity contribution < 1.29 is 8.85 Å². The molecule has 3 heteroatoms. The molecule has 1 rings (SSSR count). The Bertz CT molecular complexity index is 221. The van der Waals surface area contributed by atoms with Crippen molar-refractivity contribution in [2.24, 2.45) is 5.92 Å². The van der Waals surface area contributed by atoms with Crippen molar-refractivity contribution in [1.29, 1.82) is 0 Å². The molecule has 0 aromatic rings. The van der Waals surface area contributed by atoms with Gasteiger partial charge in [0.1, 0.15) is 0 Å². The van der Waals surface area contributed by atoms with Crippen LogP contribution in [0.1, 0.15) is 72.6 Å². The predicted molar refractivity (Wildman–Crippen MR) is 84.7 cm³/mol. The van der Waals surface area contributed by atoms with E-state index in [1.165, 1.54) is 44.9 Å². The van der Waals surface area contributed by atoms with Crippen LogP contribution in [0.2, 0.25) is 12.1 Å². The first-order valence-corrected chi connectivity index (χ1v) is 10.7. The molecule has 1 aliphatic rings. The van der Waals surface area contributed by atoms with E-state index < -0.39 is 8.56 Å². The van der Waals surface area contributed by atoms with Crippen LogP contribution in [0.4, 0.5) is 0 Å². The van der Waals surface area contributed by atoms with Crippen molar-refractivity contribution in [1.82, 2.24) is 0 Å². The fourth-order valence-corrected chi connectivity index (χ4v) is 5.59. The van der Waals surface area contributed by atoms with Gasteiger partial charge in [-0.2, -0.15) is 0 Å².